The molecular formula is C20H14Cl2N6. The van der Waals surface area contributed by atoms with Crippen molar-refractivity contribution in [2.75, 3.05) is 0 Å². The number of fused-ring (bicyclic) bond motifs is 3. The molecule has 1 N–H and O–H groups in total. The van der Waals surface area contributed by atoms with Crippen molar-refractivity contribution in [3.8, 4) is 17.2 Å². The van der Waals surface area contributed by atoms with E-state index >= 15 is 0 Å². The standard InChI is InChI=1S/C20H14Cl2N6/c1-11-18(25-10-24-11)20-27-26-17-9-23-19(13-4-2-3-5-15(13)22)14-8-12(21)6-7-16(14)28(17)20/h2-8,10H,9H2,1H3,(H,24,25). The Labute approximate surface area is 170 Å². The number of rotatable bonds is 2. The van der Waals surface area contributed by atoms with Crippen LogP contribution in [0.15, 0.2) is 53.8 Å². The number of H-pyrrole nitrogens is 1. The van der Waals surface area contributed by atoms with E-state index in [1.807, 2.05) is 54.0 Å². The summed E-state index contributed by atoms with van der Waals surface area (Å²) in [5.74, 6) is 1.39. The molecule has 2 aromatic carbocycles. The van der Waals surface area contributed by atoms with Crippen molar-refractivity contribution in [3.05, 3.63) is 81.5 Å². The lowest BCUT2D eigenvalue weighted by molar-refractivity contribution is 0.871. The Balaban J connectivity index is 1.79. The van der Waals surface area contributed by atoms with Crippen LogP contribution in [0.4, 0.5) is 0 Å². The molecular weight excluding hydrogens is 395 g/mol. The lowest BCUT2D eigenvalue weighted by Gasteiger charge is -2.14. The molecule has 0 unspecified atom stereocenters. The molecule has 0 saturated heterocycles. The summed E-state index contributed by atoms with van der Waals surface area (Å²) < 4.78 is 1.99. The zero-order chi connectivity index (χ0) is 19.3. The highest BCUT2D eigenvalue weighted by molar-refractivity contribution is 6.36. The van der Waals surface area contributed by atoms with E-state index in [-0.39, 0.29) is 0 Å². The molecule has 0 spiro atoms. The van der Waals surface area contributed by atoms with Crippen LogP contribution in [0, 0.1) is 6.92 Å². The number of aryl methyl sites for hydroxylation is 1. The molecule has 0 saturated carbocycles. The van der Waals surface area contributed by atoms with Crippen LogP contribution in [0.3, 0.4) is 0 Å². The van der Waals surface area contributed by atoms with Crippen molar-refractivity contribution >= 4 is 28.9 Å². The molecule has 1 aliphatic heterocycles. The predicted molar refractivity (Wildman–Crippen MR) is 109 cm³/mol. The van der Waals surface area contributed by atoms with Crippen LogP contribution in [0.1, 0.15) is 22.6 Å². The number of nitrogens with zero attached hydrogens (tertiary/aromatic N) is 5. The summed E-state index contributed by atoms with van der Waals surface area (Å²) >= 11 is 12.8. The predicted octanol–water partition coefficient (Wildman–Crippen LogP) is 4.62. The highest BCUT2D eigenvalue weighted by Crippen LogP contribution is 2.32. The summed E-state index contributed by atoms with van der Waals surface area (Å²) in [6.07, 6.45) is 1.65. The Hall–Kier alpha value is -2.96. The average molecular weight is 409 g/mol. The fraction of sp³-hybridized carbons (Fsp3) is 0.100. The fourth-order valence-electron chi connectivity index (χ4n) is 3.42. The van der Waals surface area contributed by atoms with E-state index < -0.39 is 0 Å². The van der Waals surface area contributed by atoms with E-state index in [0.717, 1.165) is 39.7 Å². The largest absolute Gasteiger partial charge is 0.348 e. The van der Waals surface area contributed by atoms with Gasteiger partial charge in [-0.2, -0.15) is 0 Å². The second-order valence-electron chi connectivity index (χ2n) is 6.46. The van der Waals surface area contributed by atoms with Gasteiger partial charge in [0, 0.05) is 26.9 Å². The van der Waals surface area contributed by atoms with Crippen LogP contribution in [-0.4, -0.2) is 30.4 Å². The molecule has 8 heteroatoms. The van der Waals surface area contributed by atoms with Gasteiger partial charge in [0.15, 0.2) is 11.6 Å². The van der Waals surface area contributed by atoms with E-state index in [9.17, 15) is 0 Å². The van der Waals surface area contributed by atoms with Crippen molar-refractivity contribution in [2.24, 2.45) is 4.99 Å². The smallest absolute Gasteiger partial charge is 0.189 e. The highest BCUT2D eigenvalue weighted by atomic mass is 35.5. The van der Waals surface area contributed by atoms with E-state index in [4.69, 9.17) is 28.2 Å². The Morgan fingerprint density at radius 3 is 2.68 bits per heavy atom. The monoisotopic (exact) mass is 408 g/mol. The second-order valence-corrected chi connectivity index (χ2v) is 7.30. The normalized spacial score (nSPS) is 12.9. The summed E-state index contributed by atoms with van der Waals surface area (Å²) in [5.41, 5.74) is 5.05. The first kappa shape index (κ1) is 17.2. The third-order valence-electron chi connectivity index (χ3n) is 4.73. The molecule has 0 bridgehead atoms. The maximum atomic E-state index is 6.47. The summed E-state index contributed by atoms with van der Waals surface area (Å²) in [6.45, 7) is 2.32. The average Bonchev–Trinajstić information content (AvgIpc) is 3.25. The molecule has 0 fully saturated rings. The number of aromatic amines is 1. The molecule has 138 valence electrons. The first-order valence-electron chi connectivity index (χ1n) is 8.68. The quantitative estimate of drug-likeness (QED) is 0.525. The maximum absolute atomic E-state index is 6.47. The lowest BCUT2D eigenvalue weighted by atomic mass is 10.0. The molecule has 6 nitrogen and oxygen atoms in total. The molecule has 4 aromatic rings. The van der Waals surface area contributed by atoms with E-state index in [2.05, 4.69) is 20.2 Å². The Morgan fingerprint density at radius 2 is 1.89 bits per heavy atom. The lowest BCUT2D eigenvalue weighted by Crippen LogP contribution is -2.09. The van der Waals surface area contributed by atoms with Gasteiger partial charge in [0.1, 0.15) is 12.2 Å². The summed E-state index contributed by atoms with van der Waals surface area (Å²) in [5, 5.41) is 10.0. The van der Waals surface area contributed by atoms with Gasteiger partial charge in [-0.15, -0.1) is 10.2 Å². The van der Waals surface area contributed by atoms with Crippen LogP contribution in [0.25, 0.3) is 17.2 Å². The molecule has 0 atom stereocenters. The first-order valence-corrected chi connectivity index (χ1v) is 9.43. The number of benzene rings is 2. The van der Waals surface area contributed by atoms with Crippen LogP contribution < -0.4 is 0 Å². The molecule has 0 amide bonds. The molecule has 3 heterocycles. The fourth-order valence-corrected chi connectivity index (χ4v) is 3.82. The minimum atomic E-state index is 0.364. The van der Waals surface area contributed by atoms with Crippen molar-refractivity contribution in [2.45, 2.75) is 13.5 Å². The summed E-state index contributed by atoms with van der Waals surface area (Å²) in [6, 6.07) is 13.3. The van der Waals surface area contributed by atoms with Crippen LogP contribution in [-0.2, 0) is 6.54 Å². The molecule has 2 aromatic heterocycles. The summed E-state index contributed by atoms with van der Waals surface area (Å²) in [7, 11) is 0. The van der Waals surface area contributed by atoms with Gasteiger partial charge in [-0.1, -0.05) is 41.4 Å². The van der Waals surface area contributed by atoms with Crippen molar-refractivity contribution in [1.82, 2.24) is 24.7 Å². The van der Waals surface area contributed by atoms with Gasteiger partial charge >= 0.3 is 0 Å². The zero-order valence-electron chi connectivity index (χ0n) is 14.8. The van der Waals surface area contributed by atoms with E-state index in [0.29, 0.717) is 22.4 Å². The Kier molecular flexibility index (Phi) is 4.03. The first-order chi connectivity index (χ1) is 13.6. The number of imidazole rings is 1. The SMILES string of the molecule is Cc1[nH]cnc1-c1nnc2n1-c1ccc(Cl)cc1C(c1ccccc1Cl)=NC2. The minimum absolute atomic E-state index is 0.364. The van der Waals surface area contributed by atoms with Crippen molar-refractivity contribution in [3.63, 3.8) is 0 Å². The van der Waals surface area contributed by atoms with Crippen LogP contribution in [0.5, 0.6) is 0 Å². The van der Waals surface area contributed by atoms with Gasteiger partial charge in [0.2, 0.25) is 0 Å². The molecule has 5 rings (SSSR count). The van der Waals surface area contributed by atoms with Gasteiger partial charge in [0.25, 0.3) is 0 Å². The molecule has 28 heavy (non-hydrogen) atoms. The van der Waals surface area contributed by atoms with Gasteiger partial charge in [0.05, 0.1) is 17.7 Å². The van der Waals surface area contributed by atoms with Gasteiger partial charge < -0.3 is 4.98 Å². The maximum Gasteiger partial charge on any atom is 0.189 e. The summed E-state index contributed by atoms with van der Waals surface area (Å²) in [4.78, 5) is 12.3. The van der Waals surface area contributed by atoms with Gasteiger partial charge in [-0.3, -0.25) is 9.56 Å². The number of nitrogens with one attached hydrogen (secondary N) is 1. The Morgan fingerprint density at radius 1 is 1.04 bits per heavy atom. The number of hydrogen-bond donors (Lipinski definition) is 1. The number of aliphatic imine (C=N–C) groups is 1. The van der Waals surface area contributed by atoms with E-state index in [1.165, 1.54) is 0 Å². The van der Waals surface area contributed by atoms with Gasteiger partial charge in [-0.05, 0) is 31.2 Å². The minimum Gasteiger partial charge on any atom is -0.348 e. The van der Waals surface area contributed by atoms with Crippen molar-refractivity contribution in [1.29, 1.82) is 0 Å². The van der Waals surface area contributed by atoms with Crippen LogP contribution >= 0.6 is 23.2 Å². The third-order valence-corrected chi connectivity index (χ3v) is 5.30. The number of aromatic nitrogens is 5. The van der Waals surface area contributed by atoms with Crippen molar-refractivity contribution < 1.29 is 0 Å². The molecule has 0 aliphatic carbocycles. The Bertz CT molecular complexity index is 1240. The van der Waals surface area contributed by atoms with Gasteiger partial charge in [-0.25, -0.2) is 4.98 Å². The number of hydrogen-bond acceptors (Lipinski definition) is 4. The van der Waals surface area contributed by atoms with E-state index in [1.54, 1.807) is 6.33 Å². The molecule has 0 radical (unpaired) electrons. The van der Waals surface area contributed by atoms with Crippen LogP contribution in [0.2, 0.25) is 10.0 Å². The molecule has 1 aliphatic rings. The second kappa shape index (κ2) is 6.58. The topological polar surface area (TPSA) is 71.8 Å². The zero-order valence-corrected chi connectivity index (χ0v) is 16.3. The third kappa shape index (κ3) is 2.65. The highest BCUT2D eigenvalue weighted by Gasteiger charge is 2.26. The number of halogens is 2.